The molecule has 0 aromatic rings. The maximum Gasteiger partial charge on any atom is 0.0572 e. The van der Waals surface area contributed by atoms with Crippen molar-refractivity contribution in [1.82, 2.24) is 0 Å². The topological polar surface area (TPSA) is 9.23 Å². The second kappa shape index (κ2) is 4.86. The molecular weight excluding hydrogens is 148 g/mol. The van der Waals surface area contributed by atoms with E-state index in [4.69, 9.17) is 4.74 Å². The molecule has 1 aliphatic heterocycles. The second-order valence-electron chi connectivity index (χ2n) is 4.27. The first-order valence-corrected chi connectivity index (χ1v) is 5.35. The SMILES string of the molecule is CCC1CCC(C(C)C)CCO1. The van der Waals surface area contributed by atoms with Gasteiger partial charge >= 0.3 is 0 Å². The van der Waals surface area contributed by atoms with Crippen molar-refractivity contribution >= 4 is 0 Å². The quantitative estimate of drug-likeness (QED) is 0.618. The van der Waals surface area contributed by atoms with Crippen LogP contribution < -0.4 is 0 Å². The van der Waals surface area contributed by atoms with Crippen LogP contribution in [0.5, 0.6) is 0 Å². The first kappa shape index (κ1) is 10.0. The van der Waals surface area contributed by atoms with Crippen molar-refractivity contribution in [3.63, 3.8) is 0 Å². The highest BCUT2D eigenvalue weighted by Crippen LogP contribution is 2.26. The standard InChI is InChI=1S/C11H22O/c1-4-11-6-5-10(9(2)3)7-8-12-11/h9-11H,4-8H2,1-3H3. The maximum atomic E-state index is 5.73. The van der Waals surface area contributed by atoms with E-state index in [0.717, 1.165) is 18.4 Å². The van der Waals surface area contributed by atoms with Gasteiger partial charge in [-0.25, -0.2) is 0 Å². The zero-order valence-electron chi connectivity index (χ0n) is 8.68. The predicted octanol–water partition coefficient (Wildman–Crippen LogP) is 3.24. The number of ether oxygens (including phenoxy) is 1. The Balaban J connectivity index is 2.34. The smallest absolute Gasteiger partial charge is 0.0572 e. The van der Waals surface area contributed by atoms with Gasteiger partial charge in [0.25, 0.3) is 0 Å². The van der Waals surface area contributed by atoms with E-state index < -0.39 is 0 Å². The van der Waals surface area contributed by atoms with Crippen LogP contribution in [-0.2, 0) is 4.74 Å². The van der Waals surface area contributed by atoms with E-state index in [1.54, 1.807) is 0 Å². The minimum absolute atomic E-state index is 0.550. The van der Waals surface area contributed by atoms with E-state index >= 15 is 0 Å². The molecule has 0 aromatic heterocycles. The first-order valence-electron chi connectivity index (χ1n) is 5.35. The highest BCUT2D eigenvalue weighted by Gasteiger charge is 2.19. The molecule has 0 aliphatic carbocycles. The van der Waals surface area contributed by atoms with Crippen molar-refractivity contribution in [2.75, 3.05) is 6.61 Å². The van der Waals surface area contributed by atoms with Crippen molar-refractivity contribution in [2.24, 2.45) is 11.8 Å². The Bertz CT molecular complexity index is 120. The highest BCUT2D eigenvalue weighted by molar-refractivity contribution is 4.70. The van der Waals surface area contributed by atoms with Crippen molar-refractivity contribution in [2.45, 2.75) is 52.6 Å². The largest absolute Gasteiger partial charge is 0.378 e. The fourth-order valence-electron chi connectivity index (χ4n) is 2.00. The van der Waals surface area contributed by atoms with Crippen LogP contribution >= 0.6 is 0 Å². The molecule has 0 aromatic carbocycles. The third-order valence-electron chi connectivity index (χ3n) is 3.10. The Kier molecular flexibility index (Phi) is 4.07. The van der Waals surface area contributed by atoms with Crippen LogP contribution in [0.3, 0.4) is 0 Å². The zero-order valence-corrected chi connectivity index (χ0v) is 8.68. The van der Waals surface area contributed by atoms with Gasteiger partial charge in [0.05, 0.1) is 6.10 Å². The molecule has 0 bridgehead atoms. The van der Waals surface area contributed by atoms with Crippen molar-refractivity contribution in [3.05, 3.63) is 0 Å². The fourth-order valence-corrected chi connectivity index (χ4v) is 2.00. The van der Waals surface area contributed by atoms with Gasteiger partial charge in [0.1, 0.15) is 0 Å². The summed E-state index contributed by atoms with van der Waals surface area (Å²) in [6.07, 6.45) is 5.66. The highest BCUT2D eigenvalue weighted by atomic mass is 16.5. The van der Waals surface area contributed by atoms with Gasteiger partial charge in [-0.2, -0.15) is 0 Å². The van der Waals surface area contributed by atoms with Gasteiger partial charge in [0.15, 0.2) is 0 Å². The monoisotopic (exact) mass is 170 g/mol. The Morgan fingerprint density at radius 3 is 2.58 bits per heavy atom. The molecule has 72 valence electrons. The summed E-state index contributed by atoms with van der Waals surface area (Å²) in [6, 6.07) is 0. The summed E-state index contributed by atoms with van der Waals surface area (Å²) < 4.78 is 5.73. The molecule has 0 saturated carbocycles. The molecule has 1 heterocycles. The molecule has 1 nitrogen and oxygen atoms in total. The van der Waals surface area contributed by atoms with Gasteiger partial charge in [-0.1, -0.05) is 20.8 Å². The van der Waals surface area contributed by atoms with Gasteiger partial charge in [-0.3, -0.25) is 0 Å². The number of hydrogen-bond donors (Lipinski definition) is 0. The summed E-state index contributed by atoms with van der Waals surface area (Å²) >= 11 is 0. The average Bonchev–Trinajstić information content (AvgIpc) is 2.28. The van der Waals surface area contributed by atoms with Crippen LogP contribution in [0, 0.1) is 11.8 Å². The molecule has 1 aliphatic rings. The Morgan fingerprint density at radius 1 is 1.25 bits per heavy atom. The van der Waals surface area contributed by atoms with Gasteiger partial charge < -0.3 is 4.74 Å². The lowest BCUT2D eigenvalue weighted by molar-refractivity contribution is 0.0550. The molecule has 1 fully saturated rings. The predicted molar refractivity (Wildman–Crippen MR) is 52.2 cm³/mol. The summed E-state index contributed by atoms with van der Waals surface area (Å²) in [5, 5.41) is 0. The molecule has 12 heavy (non-hydrogen) atoms. The number of hydrogen-bond acceptors (Lipinski definition) is 1. The molecule has 1 saturated heterocycles. The van der Waals surface area contributed by atoms with E-state index in [-0.39, 0.29) is 0 Å². The van der Waals surface area contributed by atoms with Crippen molar-refractivity contribution < 1.29 is 4.74 Å². The summed E-state index contributed by atoms with van der Waals surface area (Å²) in [4.78, 5) is 0. The molecule has 0 radical (unpaired) electrons. The Hall–Kier alpha value is -0.0400. The molecule has 2 unspecified atom stereocenters. The first-order chi connectivity index (χ1) is 5.74. The van der Waals surface area contributed by atoms with E-state index in [2.05, 4.69) is 20.8 Å². The molecule has 0 spiro atoms. The van der Waals surface area contributed by atoms with Gasteiger partial charge in [-0.05, 0) is 37.5 Å². The minimum atomic E-state index is 0.550. The van der Waals surface area contributed by atoms with Crippen LogP contribution in [0.1, 0.15) is 46.5 Å². The molecule has 1 rings (SSSR count). The third-order valence-corrected chi connectivity index (χ3v) is 3.10. The molecule has 1 heteroatoms. The number of rotatable bonds is 2. The normalized spacial score (nSPS) is 32.0. The Morgan fingerprint density at radius 2 is 2.00 bits per heavy atom. The summed E-state index contributed by atoms with van der Waals surface area (Å²) in [7, 11) is 0. The Labute approximate surface area is 76.5 Å². The fraction of sp³-hybridized carbons (Fsp3) is 1.00. The molecule has 0 N–H and O–H groups in total. The average molecular weight is 170 g/mol. The summed E-state index contributed by atoms with van der Waals surface area (Å²) in [5.74, 6) is 1.74. The van der Waals surface area contributed by atoms with Crippen LogP contribution in [0.15, 0.2) is 0 Å². The van der Waals surface area contributed by atoms with Gasteiger partial charge in [-0.15, -0.1) is 0 Å². The van der Waals surface area contributed by atoms with E-state index in [0.29, 0.717) is 6.10 Å². The van der Waals surface area contributed by atoms with Gasteiger partial charge in [0.2, 0.25) is 0 Å². The summed E-state index contributed by atoms with van der Waals surface area (Å²) in [6.45, 7) is 7.87. The lowest BCUT2D eigenvalue weighted by atomic mass is 9.88. The lowest BCUT2D eigenvalue weighted by Crippen LogP contribution is -2.09. The molecular formula is C11H22O. The zero-order chi connectivity index (χ0) is 8.97. The minimum Gasteiger partial charge on any atom is -0.378 e. The van der Waals surface area contributed by atoms with E-state index in [1.165, 1.54) is 25.7 Å². The third kappa shape index (κ3) is 2.78. The second-order valence-corrected chi connectivity index (χ2v) is 4.27. The van der Waals surface area contributed by atoms with Crippen LogP contribution in [0.25, 0.3) is 0 Å². The summed E-state index contributed by atoms with van der Waals surface area (Å²) in [5.41, 5.74) is 0. The van der Waals surface area contributed by atoms with Crippen LogP contribution in [-0.4, -0.2) is 12.7 Å². The van der Waals surface area contributed by atoms with Crippen molar-refractivity contribution in [3.8, 4) is 0 Å². The van der Waals surface area contributed by atoms with Crippen molar-refractivity contribution in [1.29, 1.82) is 0 Å². The van der Waals surface area contributed by atoms with Gasteiger partial charge in [0, 0.05) is 6.61 Å². The molecule has 0 amide bonds. The lowest BCUT2D eigenvalue weighted by Gasteiger charge is -2.17. The van der Waals surface area contributed by atoms with E-state index in [9.17, 15) is 0 Å². The molecule has 2 atom stereocenters. The van der Waals surface area contributed by atoms with Crippen LogP contribution in [0.2, 0.25) is 0 Å². The van der Waals surface area contributed by atoms with Crippen LogP contribution in [0.4, 0.5) is 0 Å². The van der Waals surface area contributed by atoms with E-state index in [1.807, 2.05) is 0 Å². The maximum absolute atomic E-state index is 5.73.